The Morgan fingerprint density at radius 3 is 2.86 bits per heavy atom. The van der Waals surface area contributed by atoms with Gasteiger partial charge < -0.3 is 10.2 Å². The van der Waals surface area contributed by atoms with E-state index in [0.717, 1.165) is 6.26 Å². The van der Waals surface area contributed by atoms with Gasteiger partial charge >= 0.3 is 0 Å². The van der Waals surface area contributed by atoms with Crippen LogP contribution in [0.3, 0.4) is 0 Å². The summed E-state index contributed by atoms with van der Waals surface area (Å²) in [5.74, 6) is 0. The van der Waals surface area contributed by atoms with Crippen molar-refractivity contribution in [2.45, 2.75) is 0 Å². The highest BCUT2D eigenvalue weighted by atomic mass is 16.3. The number of rotatable bonds is 1. The molecule has 4 heteroatoms. The number of benzene rings is 1. The zero-order chi connectivity index (χ0) is 10.1. The molecule has 0 aliphatic rings. The van der Waals surface area contributed by atoms with Gasteiger partial charge in [-0.1, -0.05) is 0 Å². The Morgan fingerprint density at radius 1 is 1.36 bits per heavy atom. The average molecular weight is 189 g/mol. The molecule has 0 saturated carbocycles. The molecule has 70 valence electrons. The second-order valence-electron chi connectivity index (χ2n) is 2.89. The summed E-state index contributed by atoms with van der Waals surface area (Å²) in [6.45, 7) is 0. The number of aldehydes is 1. The first-order valence-corrected chi connectivity index (χ1v) is 3.98. The van der Waals surface area contributed by atoms with E-state index in [1.54, 1.807) is 12.1 Å². The van der Waals surface area contributed by atoms with Crippen LogP contribution in [0.1, 0.15) is 10.4 Å². The largest absolute Gasteiger partial charge is 0.463 e. The van der Waals surface area contributed by atoms with Crippen LogP contribution < -0.4 is 11.2 Å². The summed E-state index contributed by atoms with van der Waals surface area (Å²) in [6.07, 6.45) is 1.61. The van der Waals surface area contributed by atoms with Gasteiger partial charge in [-0.3, -0.25) is 9.59 Å². The van der Waals surface area contributed by atoms with E-state index in [4.69, 9.17) is 10.2 Å². The Hall–Kier alpha value is -2.10. The molecule has 2 rings (SSSR count). The van der Waals surface area contributed by atoms with Gasteiger partial charge in [-0.25, -0.2) is 0 Å². The topological polar surface area (TPSA) is 73.3 Å². The monoisotopic (exact) mass is 189 g/mol. The van der Waals surface area contributed by atoms with Crippen LogP contribution in [0.25, 0.3) is 11.0 Å². The number of fused-ring (bicyclic) bond motifs is 1. The van der Waals surface area contributed by atoms with Crippen molar-refractivity contribution in [2.24, 2.45) is 0 Å². The highest BCUT2D eigenvalue weighted by Gasteiger charge is 2.05. The van der Waals surface area contributed by atoms with Crippen molar-refractivity contribution in [1.82, 2.24) is 0 Å². The third-order valence-electron chi connectivity index (χ3n) is 1.95. The lowest BCUT2D eigenvalue weighted by molar-refractivity contribution is 0.112. The van der Waals surface area contributed by atoms with E-state index in [-0.39, 0.29) is 11.0 Å². The Bertz CT molecular complexity index is 557. The molecule has 0 aliphatic heterocycles. The summed E-state index contributed by atoms with van der Waals surface area (Å²) in [6, 6.07) is 4.72. The van der Waals surface area contributed by atoms with E-state index >= 15 is 0 Å². The van der Waals surface area contributed by atoms with Crippen LogP contribution in [0.2, 0.25) is 0 Å². The summed E-state index contributed by atoms with van der Waals surface area (Å²) >= 11 is 0. The van der Waals surface area contributed by atoms with E-state index in [9.17, 15) is 9.59 Å². The normalized spacial score (nSPS) is 10.3. The van der Waals surface area contributed by atoms with E-state index in [1.165, 1.54) is 6.07 Å². The van der Waals surface area contributed by atoms with Crippen LogP contribution in [-0.4, -0.2) is 6.29 Å². The van der Waals surface area contributed by atoms with Gasteiger partial charge in [0.15, 0.2) is 6.29 Å². The van der Waals surface area contributed by atoms with E-state index < -0.39 is 0 Å². The molecule has 4 nitrogen and oxygen atoms in total. The fourth-order valence-corrected chi connectivity index (χ4v) is 1.25. The molecule has 2 aromatic rings. The molecule has 2 N–H and O–H groups in total. The van der Waals surface area contributed by atoms with Gasteiger partial charge in [0.25, 0.3) is 0 Å². The molecule has 0 atom stereocenters. The van der Waals surface area contributed by atoms with Crippen molar-refractivity contribution in [3.05, 3.63) is 40.2 Å². The predicted molar refractivity (Wildman–Crippen MR) is 52.3 cm³/mol. The Balaban J connectivity index is 2.93. The summed E-state index contributed by atoms with van der Waals surface area (Å²) in [5.41, 5.74) is 6.06. The summed E-state index contributed by atoms with van der Waals surface area (Å²) in [4.78, 5) is 22.0. The van der Waals surface area contributed by atoms with Crippen molar-refractivity contribution in [3.63, 3.8) is 0 Å². The molecule has 0 radical (unpaired) electrons. The van der Waals surface area contributed by atoms with Crippen LogP contribution in [0.15, 0.2) is 33.7 Å². The number of hydrogen-bond donors (Lipinski definition) is 1. The summed E-state index contributed by atoms with van der Waals surface area (Å²) in [7, 11) is 0. The van der Waals surface area contributed by atoms with Crippen LogP contribution >= 0.6 is 0 Å². The van der Waals surface area contributed by atoms with Crippen LogP contribution in [0.5, 0.6) is 0 Å². The van der Waals surface area contributed by atoms with Crippen molar-refractivity contribution in [1.29, 1.82) is 0 Å². The molecule has 0 aliphatic carbocycles. The van der Waals surface area contributed by atoms with Gasteiger partial charge in [0.2, 0.25) is 5.43 Å². The minimum atomic E-state index is -0.353. The lowest BCUT2D eigenvalue weighted by Gasteiger charge is -1.97. The van der Waals surface area contributed by atoms with Crippen LogP contribution in [0.4, 0.5) is 5.69 Å². The average Bonchev–Trinajstić information content (AvgIpc) is 2.20. The maximum atomic E-state index is 11.6. The Labute approximate surface area is 78.9 Å². The minimum absolute atomic E-state index is 0.00287. The zero-order valence-corrected chi connectivity index (χ0v) is 7.19. The first-order valence-electron chi connectivity index (χ1n) is 3.98. The molecule has 1 aromatic heterocycles. The van der Waals surface area contributed by atoms with Gasteiger partial charge in [-0.05, 0) is 18.2 Å². The first-order chi connectivity index (χ1) is 6.72. The lowest BCUT2D eigenvalue weighted by Crippen LogP contribution is -2.07. The third-order valence-corrected chi connectivity index (χ3v) is 1.95. The summed E-state index contributed by atoms with van der Waals surface area (Å²) < 4.78 is 5.08. The fourth-order valence-electron chi connectivity index (χ4n) is 1.25. The molecule has 0 spiro atoms. The highest BCUT2D eigenvalue weighted by Crippen LogP contribution is 2.14. The second kappa shape index (κ2) is 2.99. The molecule has 1 aromatic carbocycles. The smallest absolute Gasteiger partial charge is 0.203 e. The molecular formula is C10H7NO3. The van der Waals surface area contributed by atoms with Gasteiger partial charge in [-0.2, -0.15) is 0 Å². The van der Waals surface area contributed by atoms with Gasteiger partial charge in [0.1, 0.15) is 11.8 Å². The minimum Gasteiger partial charge on any atom is -0.463 e. The number of carbonyl (C=O) groups is 1. The highest BCUT2D eigenvalue weighted by molar-refractivity contribution is 5.85. The summed E-state index contributed by atoms with van der Waals surface area (Å²) in [5, 5.41) is 0.328. The number of carbonyl (C=O) groups excluding carboxylic acids is 1. The molecule has 0 saturated heterocycles. The van der Waals surface area contributed by atoms with Gasteiger partial charge in [0, 0.05) is 5.69 Å². The Morgan fingerprint density at radius 2 is 2.14 bits per heavy atom. The van der Waals surface area contributed by atoms with Crippen molar-refractivity contribution >= 4 is 22.9 Å². The van der Waals surface area contributed by atoms with Crippen molar-refractivity contribution < 1.29 is 9.21 Å². The van der Waals surface area contributed by atoms with Gasteiger partial charge in [0.05, 0.1) is 10.9 Å². The van der Waals surface area contributed by atoms with E-state index in [1.807, 2.05) is 0 Å². The first kappa shape index (κ1) is 8.50. The zero-order valence-electron chi connectivity index (χ0n) is 7.19. The quantitative estimate of drug-likeness (QED) is 0.540. The second-order valence-corrected chi connectivity index (χ2v) is 2.89. The Kier molecular flexibility index (Phi) is 1.81. The third kappa shape index (κ3) is 1.17. The molecule has 0 bridgehead atoms. The molecule has 1 heterocycles. The maximum Gasteiger partial charge on any atom is 0.203 e. The maximum absolute atomic E-state index is 11.6. The molecule has 0 amide bonds. The SMILES string of the molecule is Nc1ccc2occ(C=O)c(=O)c2c1. The van der Waals surface area contributed by atoms with E-state index in [2.05, 4.69) is 0 Å². The standard InChI is InChI=1S/C10H7NO3/c11-7-1-2-9-8(3-7)10(13)6(4-12)5-14-9/h1-5H,11H2. The predicted octanol–water partition coefficient (Wildman–Crippen LogP) is 1.19. The molecule has 14 heavy (non-hydrogen) atoms. The number of anilines is 1. The molecule has 0 fully saturated rings. The van der Waals surface area contributed by atoms with Crippen molar-refractivity contribution in [3.8, 4) is 0 Å². The molecular weight excluding hydrogens is 182 g/mol. The fraction of sp³-hybridized carbons (Fsp3) is 0. The molecule has 0 unspecified atom stereocenters. The van der Waals surface area contributed by atoms with Crippen molar-refractivity contribution in [2.75, 3.05) is 5.73 Å². The van der Waals surface area contributed by atoms with Crippen LogP contribution in [-0.2, 0) is 0 Å². The number of nitrogens with two attached hydrogens (primary N) is 1. The lowest BCUT2D eigenvalue weighted by atomic mass is 10.2. The number of nitrogen functional groups attached to an aromatic ring is 1. The number of hydrogen-bond acceptors (Lipinski definition) is 4. The van der Waals surface area contributed by atoms with Gasteiger partial charge in [-0.15, -0.1) is 0 Å². The van der Waals surface area contributed by atoms with E-state index in [0.29, 0.717) is 22.9 Å². The van der Waals surface area contributed by atoms with Crippen LogP contribution in [0, 0.1) is 0 Å².